The van der Waals surface area contributed by atoms with Gasteiger partial charge in [-0.1, -0.05) is 24.6 Å². The molecule has 4 nitrogen and oxygen atoms in total. The SMILES string of the molecule is CCNC(CCc1c(Cl)cccc1[N+](=O)[O-])C1CC1. The molecule has 0 aromatic heterocycles. The van der Waals surface area contributed by atoms with E-state index in [2.05, 4.69) is 12.2 Å². The van der Waals surface area contributed by atoms with Gasteiger partial charge in [-0.2, -0.15) is 0 Å². The number of halogens is 1. The van der Waals surface area contributed by atoms with E-state index in [1.165, 1.54) is 18.9 Å². The molecule has 0 spiro atoms. The van der Waals surface area contributed by atoms with Crippen molar-refractivity contribution in [2.45, 2.75) is 38.6 Å². The molecule has 1 N–H and O–H groups in total. The van der Waals surface area contributed by atoms with Crippen LogP contribution in [0.2, 0.25) is 5.02 Å². The Bertz CT molecular complexity index is 461. The molecule has 0 bridgehead atoms. The van der Waals surface area contributed by atoms with Crippen LogP contribution in [-0.2, 0) is 6.42 Å². The zero-order valence-corrected chi connectivity index (χ0v) is 11.8. The first-order chi connectivity index (χ1) is 9.13. The standard InChI is InChI=1S/C14H19ClN2O2/c1-2-16-13(10-6-7-10)9-8-11-12(15)4-3-5-14(11)17(18)19/h3-5,10,13,16H,2,6-9H2,1H3. The maximum atomic E-state index is 11.0. The third-order valence-electron chi connectivity index (χ3n) is 3.65. The molecule has 1 aliphatic rings. The molecule has 0 heterocycles. The summed E-state index contributed by atoms with van der Waals surface area (Å²) >= 11 is 6.10. The van der Waals surface area contributed by atoms with Crippen LogP contribution >= 0.6 is 11.6 Å². The Morgan fingerprint density at radius 3 is 2.84 bits per heavy atom. The lowest BCUT2D eigenvalue weighted by Gasteiger charge is -2.17. The highest BCUT2D eigenvalue weighted by Gasteiger charge is 2.30. The number of hydrogen-bond acceptors (Lipinski definition) is 3. The number of rotatable bonds is 7. The normalized spacial score (nSPS) is 16.3. The molecular weight excluding hydrogens is 264 g/mol. The van der Waals surface area contributed by atoms with Crippen molar-refractivity contribution in [3.05, 3.63) is 38.9 Å². The van der Waals surface area contributed by atoms with Gasteiger partial charge in [-0.25, -0.2) is 0 Å². The minimum absolute atomic E-state index is 0.138. The first-order valence-corrected chi connectivity index (χ1v) is 7.16. The van der Waals surface area contributed by atoms with E-state index in [9.17, 15) is 10.1 Å². The van der Waals surface area contributed by atoms with E-state index < -0.39 is 0 Å². The van der Waals surface area contributed by atoms with Gasteiger partial charge in [-0.15, -0.1) is 0 Å². The number of hydrogen-bond donors (Lipinski definition) is 1. The van der Waals surface area contributed by atoms with Gasteiger partial charge in [-0.05, 0) is 44.2 Å². The largest absolute Gasteiger partial charge is 0.314 e. The Morgan fingerprint density at radius 1 is 1.53 bits per heavy atom. The molecule has 0 amide bonds. The number of benzene rings is 1. The second-order valence-electron chi connectivity index (χ2n) is 5.03. The summed E-state index contributed by atoms with van der Waals surface area (Å²) in [5.74, 6) is 0.737. The molecular formula is C14H19ClN2O2. The molecule has 1 aromatic carbocycles. The van der Waals surface area contributed by atoms with Gasteiger partial charge in [0, 0.05) is 17.7 Å². The summed E-state index contributed by atoms with van der Waals surface area (Å²) < 4.78 is 0. The van der Waals surface area contributed by atoms with Gasteiger partial charge in [0.1, 0.15) is 0 Å². The van der Waals surface area contributed by atoms with Gasteiger partial charge < -0.3 is 5.32 Å². The summed E-state index contributed by atoms with van der Waals surface area (Å²) in [6.45, 7) is 3.03. The van der Waals surface area contributed by atoms with Crippen molar-refractivity contribution in [1.29, 1.82) is 0 Å². The second-order valence-corrected chi connectivity index (χ2v) is 5.44. The van der Waals surface area contributed by atoms with E-state index in [0.717, 1.165) is 18.9 Å². The summed E-state index contributed by atoms with van der Waals surface area (Å²) in [6.07, 6.45) is 4.10. The van der Waals surface area contributed by atoms with E-state index >= 15 is 0 Å². The Kier molecular flexibility index (Phi) is 4.77. The Morgan fingerprint density at radius 2 is 2.26 bits per heavy atom. The predicted molar refractivity (Wildman–Crippen MR) is 76.6 cm³/mol. The molecule has 5 heteroatoms. The van der Waals surface area contributed by atoms with E-state index in [-0.39, 0.29) is 10.6 Å². The number of nitro benzene ring substituents is 1. The van der Waals surface area contributed by atoms with E-state index in [4.69, 9.17) is 11.6 Å². The zero-order valence-electron chi connectivity index (χ0n) is 11.1. The van der Waals surface area contributed by atoms with Crippen molar-refractivity contribution in [3.63, 3.8) is 0 Å². The monoisotopic (exact) mass is 282 g/mol. The number of nitro groups is 1. The van der Waals surface area contributed by atoms with Crippen molar-refractivity contribution in [1.82, 2.24) is 5.32 Å². The van der Waals surface area contributed by atoms with Crippen molar-refractivity contribution in [2.24, 2.45) is 5.92 Å². The predicted octanol–water partition coefficient (Wildman–Crippen LogP) is 3.57. The molecule has 1 unspecified atom stereocenters. The topological polar surface area (TPSA) is 55.2 Å². The average Bonchev–Trinajstić information content (AvgIpc) is 3.19. The third-order valence-corrected chi connectivity index (χ3v) is 4.01. The van der Waals surface area contributed by atoms with Crippen LogP contribution in [0.15, 0.2) is 18.2 Å². The summed E-state index contributed by atoms with van der Waals surface area (Å²) in [6, 6.07) is 5.34. The van der Waals surface area contributed by atoms with Gasteiger partial charge in [0.25, 0.3) is 5.69 Å². The van der Waals surface area contributed by atoms with Crippen LogP contribution < -0.4 is 5.32 Å². The maximum Gasteiger partial charge on any atom is 0.274 e. The highest BCUT2D eigenvalue weighted by molar-refractivity contribution is 6.31. The van der Waals surface area contributed by atoms with Crippen LogP contribution in [0.4, 0.5) is 5.69 Å². The average molecular weight is 283 g/mol. The fraction of sp³-hybridized carbons (Fsp3) is 0.571. The van der Waals surface area contributed by atoms with Gasteiger partial charge >= 0.3 is 0 Å². The minimum atomic E-state index is -0.347. The molecule has 1 aliphatic carbocycles. The van der Waals surface area contributed by atoms with E-state index in [1.807, 2.05) is 0 Å². The highest BCUT2D eigenvalue weighted by Crippen LogP contribution is 2.36. The van der Waals surface area contributed by atoms with Gasteiger partial charge in [-0.3, -0.25) is 10.1 Å². The molecule has 0 saturated heterocycles. The number of nitrogens with one attached hydrogen (secondary N) is 1. The maximum absolute atomic E-state index is 11.0. The highest BCUT2D eigenvalue weighted by atomic mass is 35.5. The van der Waals surface area contributed by atoms with Crippen LogP contribution in [-0.4, -0.2) is 17.5 Å². The van der Waals surface area contributed by atoms with Crippen molar-refractivity contribution in [3.8, 4) is 0 Å². The Labute approximate surface area is 118 Å². The van der Waals surface area contributed by atoms with E-state index in [0.29, 0.717) is 23.0 Å². The summed E-state index contributed by atoms with van der Waals surface area (Å²) in [4.78, 5) is 10.7. The van der Waals surface area contributed by atoms with Crippen LogP contribution in [0.3, 0.4) is 0 Å². The lowest BCUT2D eigenvalue weighted by molar-refractivity contribution is -0.385. The fourth-order valence-electron chi connectivity index (χ4n) is 2.53. The molecule has 1 atom stereocenters. The van der Waals surface area contributed by atoms with Crippen LogP contribution in [0.5, 0.6) is 0 Å². The quantitative estimate of drug-likeness (QED) is 0.614. The molecule has 0 radical (unpaired) electrons. The van der Waals surface area contributed by atoms with Crippen LogP contribution in [0.1, 0.15) is 31.7 Å². The summed E-state index contributed by atoms with van der Waals surface area (Å²) in [5.41, 5.74) is 0.802. The van der Waals surface area contributed by atoms with Crippen molar-refractivity contribution >= 4 is 17.3 Å². The van der Waals surface area contributed by atoms with Gasteiger partial charge in [0.2, 0.25) is 0 Å². The van der Waals surface area contributed by atoms with Crippen molar-refractivity contribution in [2.75, 3.05) is 6.54 Å². The summed E-state index contributed by atoms with van der Waals surface area (Å²) in [5, 5.41) is 15.0. The van der Waals surface area contributed by atoms with Crippen LogP contribution in [0, 0.1) is 16.0 Å². The smallest absolute Gasteiger partial charge is 0.274 e. The zero-order chi connectivity index (χ0) is 13.8. The van der Waals surface area contributed by atoms with E-state index in [1.54, 1.807) is 12.1 Å². The fourth-order valence-corrected chi connectivity index (χ4v) is 2.79. The lowest BCUT2D eigenvalue weighted by atomic mass is 10.0. The Balaban J connectivity index is 2.07. The molecule has 19 heavy (non-hydrogen) atoms. The van der Waals surface area contributed by atoms with Gasteiger partial charge in [0.05, 0.1) is 9.95 Å². The molecule has 1 fully saturated rings. The second kappa shape index (κ2) is 6.35. The first kappa shape index (κ1) is 14.3. The molecule has 2 rings (SSSR count). The molecule has 104 valence electrons. The van der Waals surface area contributed by atoms with Gasteiger partial charge in [0.15, 0.2) is 0 Å². The summed E-state index contributed by atoms with van der Waals surface area (Å²) in [7, 11) is 0. The first-order valence-electron chi connectivity index (χ1n) is 6.78. The van der Waals surface area contributed by atoms with Crippen molar-refractivity contribution < 1.29 is 4.92 Å². The Hall–Kier alpha value is -1.13. The lowest BCUT2D eigenvalue weighted by Crippen LogP contribution is -2.31. The minimum Gasteiger partial charge on any atom is -0.314 e. The third kappa shape index (κ3) is 3.67. The van der Waals surface area contributed by atoms with Crippen LogP contribution in [0.25, 0.3) is 0 Å². The number of nitrogens with zero attached hydrogens (tertiary/aromatic N) is 1. The molecule has 0 aliphatic heterocycles. The molecule has 1 aromatic rings. The molecule has 1 saturated carbocycles.